The molecule has 0 radical (unpaired) electrons. The predicted octanol–water partition coefficient (Wildman–Crippen LogP) is 3.99. The molecule has 9 nitrogen and oxygen atoms in total. The highest BCUT2D eigenvalue weighted by molar-refractivity contribution is 6.16. The van der Waals surface area contributed by atoms with Crippen molar-refractivity contribution in [3.63, 3.8) is 0 Å². The third-order valence-corrected chi connectivity index (χ3v) is 6.24. The lowest BCUT2D eigenvalue weighted by atomic mass is 9.94. The van der Waals surface area contributed by atoms with Crippen molar-refractivity contribution >= 4 is 22.7 Å². The van der Waals surface area contributed by atoms with Gasteiger partial charge in [-0.1, -0.05) is 12.1 Å². The van der Waals surface area contributed by atoms with Gasteiger partial charge in [0.2, 0.25) is 5.78 Å². The quantitative estimate of drug-likeness (QED) is 0.422. The molecule has 0 spiro atoms. The Morgan fingerprint density at radius 2 is 1.81 bits per heavy atom. The average Bonchev–Trinajstić information content (AvgIpc) is 3.42. The monoisotopic (exact) mass is 494 g/mol. The second-order valence-corrected chi connectivity index (χ2v) is 8.75. The van der Waals surface area contributed by atoms with Gasteiger partial charge in [-0.05, 0) is 57.4 Å². The van der Waals surface area contributed by atoms with Crippen LogP contribution in [0.4, 0.5) is 0 Å². The lowest BCUT2D eigenvalue weighted by molar-refractivity contribution is -0.129. The van der Waals surface area contributed by atoms with Crippen LogP contribution < -0.4 is 14.2 Å². The first-order valence-electron chi connectivity index (χ1n) is 11.5. The smallest absolute Gasteiger partial charge is 0.290 e. The highest BCUT2D eigenvalue weighted by Gasteiger charge is 2.45. The number of benzene rings is 2. The van der Waals surface area contributed by atoms with Crippen LogP contribution in [0.2, 0.25) is 0 Å². The summed E-state index contributed by atoms with van der Waals surface area (Å²) in [6.07, 6.45) is 0.637. The van der Waals surface area contributed by atoms with Gasteiger partial charge >= 0.3 is 0 Å². The minimum absolute atomic E-state index is 0.00847. The average molecular weight is 495 g/mol. The maximum atomic E-state index is 13.8. The van der Waals surface area contributed by atoms with Crippen molar-refractivity contribution in [1.82, 2.24) is 9.80 Å². The molecule has 0 saturated carbocycles. The Labute approximate surface area is 209 Å². The SMILES string of the molecule is COc1ccc(OC)c([C@H]2C(C(=O)c3cc4cccc(OC)c4o3)=C(O)C(=O)N2CCCN(C)C)c1. The lowest BCUT2D eigenvalue weighted by Crippen LogP contribution is -2.33. The molecule has 9 heteroatoms. The second kappa shape index (κ2) is 10.3. The van der Waals surface area contributed by atoms with Crippen LogP contribution in [0.5, 0.6) is 17.2 Å². The summed E-state index contributed by atoms with van der Waals surface area (Å²) in [4.78, 5) is 30.6. The van der Waals surface area contributed by atoms with Crippen molar-refractivity contribution in [3.05, 3.63) is 65.1 Å². The van der Waals surface area contributed by atoms with Gasteiger partial charge in [0.05, 0.1) is 32.9 Å². The van der Waals surface area contributed by atoms with Crippen LogP contribution in [-0.2, 0) is 4.79 Å². The molecule has 190 valence electrons. The van der Waals surface area contributed by atoms with Gasteiger partial charge in [-0.2, -0.15) is 0 Å². The van der Waals surface area contributed by atoms with Crippen molar-refractivity contribution in [2.24, 2.45) is 0 Å². The van der Waals surface area contributed by atoms with E-state index >= 15 is 0 Å². The van der Waals surface area contributed by atoms with Gasteiger partial charge in [0.25, 0.3) is 5.91 Å². The van der Waals surface area contributed by atoms with Gasteiger partial charge in [0.1, 0.15) is 11.5 Å². The van der Waals surface area contributed by atoms with Crippen LogP contribution in [-0.4, -0.2) is 75.1 Å². The molecule has 0 unspecified atom stereocenters. The van der Waals surface area contributed by atoms with Crippen LogP contribution in [0.1, 0.15) is 28.6 Å². The Hall–Kier alpha value is -3.98. The van der Waals surface area contributed by atoms with E-state index in [1.807, 2.05) is 19.0 Å². The van der Waals surface area contributed by atoms with E-state index in [2.05, 4.69) is 0 Å². The first kappa shape index (κ1) is 25.1. The summed E-state index contributed by atoms with van der Waals surface area (Å²) in [7, 11) is 8.43. The number of aliphatic hydroxyl groups excluding tert-OH is 1. The summed E-state index contributed by atoms with van der Waals surface area (Å²) in [5.74, 6) is -0.373. The highest BCUT2D eigenvalue weighted by Crippen LogP contribution is 2.44. The zero-order valence-electron chi connectivity index (χ0n) is 21.0. The van der Waals surface area contributed by atoms with Gasteiger partial charge < -0.3 is 33.5 Å². The number of hydrogen-bond acceptors (Lipinski definition) is 8. The fourth-order valence-corrected chi connectivity index (χ4v) is 4.49. The van der Waals surface area contributed by atoms with Crippen LogP contribution in [0.3, 0.4) is 0 Å². The van der Waals surface area contributed by atoms with Crippen molar-refractivity contribution in [3.8, 4) is 17.2 Å². The number of Topliss-reactive ketones (excluding diaryl/α,β-unsaturated/α-hetero) is 1. The number of nitrogens with zero attached hydrogens (tertiary/aromatic N) is 2. The Morgan fingerprint density at radius 1 is 1.06 bits per heavy atom. The molecular weight excluding hydrogens is 464 g/mol. The number of amides is 1. The molecule has 0 aliphatic carbocycles. The first-order valence-corrected chi connectivity index (χ1v) is 11.5. The molecule has 2 aromatic carbocycles. The van der Waals surface area contributed by atoms with Crippen LogP contribution in [0.15, 0.2) is 58.2 Å². The van der Waals surface area contributed by atoms with Gasteiger partial charge in [0, 0.05) is 17.5 Å². The molecule has 0 fully saturated rings. The number of ether oxygens (including phenoxy) is 3. The Kier molecular flexibility index (Phi) is 7.21. The molecular formula is C27H30N2O7. The maximum absolute atomic E-state index is 13.8. The summed E-state index contributed by atoms with van der Waals surface area (Å²) >= 11 is 0. The molecule has 1 atom stereocenters. The van der Waals surface area contributed by atoms with Crippen LogP contribution in [0.25, 0.3) is 11.0 Å². The lowest BCUT2D eigenvalue weighted by Gasteiger charge is -2.28. The molecule has 1 aliphatic heterocycles. The Balaban J connectivity index is 1.83. The van der Waals surface area contributed by atoms with E-state index in [0.717, 1.165) is 6.54 Å². The zero-order chi connectivity index (χ0) is 26.0. The van der Waals surface area contributed by atoms with Crippen molar-refractivity contribution in [2.75, 3.05) is 48.5 Å². The van der Waals surface area contributed by atoms with Crippen molar-refractivity contribution in [2.45, 2.75) is 12.5 Å². The Bertz CT molecular complexity index is 1320. The molecule has 4 rings (SSSR count). The van der Waals surface area contributed by atoms with Crippen LogP contribution >= 0.6 is 0 Å². The van der Waals surface area contributed by atoms with Gasteiger partial charge in [-0.25, -0.2) is 0 Å². The van der Waals surface area contributed by atoms with E-state index in [9.17, 15) is 14.7 Å². The van der Waals surface area contributed by atoms with E-state index < -0.39 is 23.5 Å². The number of carbonyl (C=O) groups is 2. The molecule has 1 N–H and O–H groups in total. The number of hydrogen-bond donors (Lipinski definition) is 1. The number of carbonyl (C=O) groups excluding carboxylic acids is 2. The molecule has 36 heavy (non-hydrogen) atoms. The van der Waals surface area contributed by atoms with E-state index in [1.54, 1.807) is 42.5 Å². The number of para-hydroxylation sites is 1. The molecule has 1 aliphatic rings. The summed E-state index contributed by atoms with van der Waals surface area (Å²) < 4.78 is 22.2. The van der Waals surface area contributed by atoms with Crippen molar-refractivity contribution < 1.29 is 33.3 Å². The van der Waals surface area contributed by atoms with E-state index in [1.165, 1.54) is 26.2 Å². The molecule has 0 saturated heterocycles. The number of methoxy groups -OCH3 is 3. The molecule has 1 aromatic heterocycles. The van der Waals surface area contributed by atoms with E-state index in [-0.39, 0.29) is 11.3 Å². The minimum Gasteiger partial charge on any atom is -0.503 e. The molecule has 1 amide bonds. The topological polar surface area (TPSA) is 102 Å². The minimum atomic E-state index is -0.896. The molecule has 3 aromatic rings. The number of ketones is 1. The summed E-state index contributed by atoms with van der Waals surface area (Å²) in [6.45, 7) is 1.04. The fourth-order valence-electron chi connectivity index (χ4n) is 4.49. The number of fused-ring (bicyclic) bond motifs is 1. The molecule has 2 heterocycles. The summed E-state index contributed by atoms with van der Waals surface area (Å²) in [5.41, 5.74) is 0.858. The third kappa shape index (κ3) is 4.49. The summed E-state index contributed by atoms with van der Waals surface area (Å²) in [6, 6.07) is 11.1. The largest absolute Gasteiger partial charge is 0.503 e. The van der Waals surface area contributed by atoms with Crippen LogP contribution in [0, 0.1) is 0 Å². The second-order valence-electron chi connectivity index (χ2n) is 8.75. The highest BCUT2D eigenvalue weighted by atomic mass is 16.5. The number of furan rings is 1. The number of rotatable bonds is 10. The van der Waals surface area contributed by atoms with Crippen molar-refractivity contribution in [1.29, 1.82) is 0 Å². The third-order valence-electron chi connectivity index (χ3n) is 6.24. The van der Waals surface area contributed by atoms with Gasteiger partial charge in [0.15, 0.2) is 22.9 Å². The summed E-state index contributed by atoms with van der Waals surface area (Å²) in [5, 5.41) is 11.7. The fraction of sp³-hybridized carbons (Fsp3) is 0.333. The standard InChI is InChI=1S/C27H30N2O7/c1-28(2)12-7-13-29-23(18-15-17(33-3)10-11-19(18)34-4)22(25(31)27(29)32)24(30)21-14-16-8-6-9-20(35-5)26(16)36-21/h6,8-11,14-15,23,31H,7,12-13H2,1-5H3/t23-/m0/s1. The predicted molar refractivity (Wildman–Crippen MR) is 134 cm³/mol. The Morgan fingerprint density at radius 3 is 2.47 bits per heavy atom. The van der Waals surface area contributed by atoms with E-state index in [0.29, 0.717) is 46.7 Å². The van der Waals surface area contributed by atoms with Gasteiger partial charge in [-0.3, -0.25) is 9.59 Å². The number of aliphatic hydroxyl groups is 1. The van der Waals surface area contributed by atoms with Gasteiger partial charge in [-0.15, -0.1) is 0 Å². The normalized spacial score (nSPS) is 15.8. The maximum Gasteiger partial charge on any atom is 0.290 e. The molecule has 0 bridgehead atoms. The zero-order valence-corrected chi connectivity index (χ0v) is 21.0. The first-order chi connectivity index (χ1) is 17.3. The van der Waals surface area contributed by atoms with E-state index in [4.69, 9.17) is 18.6 Å².